The molecular formula is C14H8BrF3O3. The van der Waals surface area contributed by atoms with E-state index >= 15 is 0 Å². The molecule has 0 aliphatic rings. The number of carbonyl (C=O) groups is 1. The van der Waals surface area contributed by atoms with E-state index in [-0.39, 0.29) is 11.3 Å². The fraction of sp³-hybridized carbons (Fsp3) is 0.0714. The SMILES string of the molecule is O=C(O)c1cccc(Oc2cc(Br)ccc2C(F)(F)F)c1. The standard InChI is InChI=1S/C14H8BrF3O3/c15-9-4-5-11(14(16,17)18)12(7-9)21-10-3-1-2-8(6-10)13(19)20/h1-7H,(H,19,20). The molecule has 0 aliphatic carbocycles. The Morgan fingerprint density at radius 1 is 1.14 bits per heavy atom. The van der Waals surface area contributed by atoms with Crippen LogP contribution in [0.3, 0.4) is 0 Å². The molecule has 1 N–H and O–H groups in total. The smallest absolute Gasteiger partial charge is 0.419 e. The summed E-state index contributed by atoms with van der Waals surface area (Å²) in [5, 5.41) is 8.86. The molecule has 0 amide bonds. The number of rotatable bonds is 3. The van der Waals surface area contributed by atoms with Gasteiger partial charge in [0.1, 0.15) is 11.5 Å². The lowest BCUT2D eigenvalue weighted by atomic mass is 10.2. The van der Waals surface area contributed by atoms with Gasteiger partial charge < -0.3 is 9.84 Å². The molecule has 0 saturated carbocycles. The van der Waals surface area contributed by atoms with E-state index in [0.29, 0.717) is 4.47 Å². The van der Waals surface area contributed by atoms with Crippen LogP contribution >= 0.6 is 15.9 Å². The first-order valence-corrected chi connectivity index (χ1v) is 6.44. The Morgan fingerprint density at radius 2 is 1.86 bits per heavy atom. The number of carboxylic acid groups (broad SMARTS) is 1. The molecule has 2 aromatic rings. The van der Waals surface area contributed by atoms with E-state index in [1.807, 2.05) is 0 Å². The Kier molecular flexibility index (Phi) is 4.22. The molecule has 0 fully saturated rings. The molecule has 0 heterocycles. The van der Waals surface area contributed by atoms with Crippen LogP contribution in [0.2, 0.25) is 0 Å². The summed E-state index contributed by atoms with van der Waals surface area (Å²) in [6, 6.07) is 8.57. The highest BCUT2D eigenvalue weighted by molar-refractivity contribution is 9.10. The number of aromatic carboxylic acids is 1. The molecule has 0 aromatic heterocycles. The maximum absolute atomic E-state index is 12.9. The lowest BCUT2D eigenvalue weighted by Crippen LogP contribution is -2.07. The van der Waals surface area contributed by atoms with Crippen LogP contribution in [0.5, 0.6) is 11.5 Å². The Morgan fingerprint density at radius 3 is 2.48 bits per heavy atom. The number of carboxylic acids is 1. The second kappa shape index (κ2) is 5.77. The average Bonchev–Trinajstić information content (AvgIpc) is 2.37. The quantitative estimate of drug-likeness (QED) is 0.841. The molecular weight excluding hydrogens is 353 g/mol. The summed E-state index contributed by atoms with van der Waals surface area (Å²) in [5.41, 5.74) is -1.01. The maximum atomic E-state index is 12.9. The first kappa shape index (κ1) is 15.4. The van der Waals surface area contributed by atoms with Gasteiger partial charge in [-0.2, -0.15) is 13.2 Å². The van der Waals surface area contributed by atoms with Crippen molar-refractivity contribution in [1.29, 1.82) is 0 Å². The Hall–Kier alpha value is -2.02. The summed E-state index contributed by atoms with van der Waals surface area (Å²) in [6.45, 7) is 0. The highest BCUT2D eigenvalue weighted by Crippen LogP contribution is 2.39. The van der Waals surface area contributed by atoms with E-state index in [0.717, 1.165) is 12.1 Å². The highest BCUT2D eigenvalue weighted by Gasteiger charge is 2.34. The van der Waals surface area contributed by atoms with Crippen molar-refractivity contribution in [2.45, 2.75) is 6.18 Å². The van der Waals surface area contributed by atoms with Crippen LogP contribution in [0.15, 0.2) is 46.9 Å². The van der Waals surface area contributed by atoms with Gasteiger partial charge in [0.25, 0.3) is 0 Å². The molecule has 110 valence electrons. The van der Waals surface area contributed by atoms with E-state index in [1.54, 1.807) is 0 Å². The third kappa shape index (κ3) is 3.75. The van der Waals surface area contributed by atoms with Gasteiger partial charge in [0.05, 0.1) is 11.1 Å². The third-order valence-electron chi connectivity index (χ3n) is 2.56. The van der Waals surface area contributed by atoms with Crippen LogP contribution in [-0.2, 0) is 6.18 Å². The molecule has 3 nitrogen and oxygen atoms in total. The van der Waals surface area contributed by atoms with Crippen LogP contribution in [0.4, 0.5) is 13.2 Å². The number of hydrogen-bond donors (Lipinski definition) is 1. The van der Waals surface area contributed by atoms with Gasteiger partial charge in [-0.15, -0.1) is 0 Å². The van der Waals surface area contributed by atoms with E-state index in [4.69, 9.17) is 9.84 Å². The van der Waals surface area contributed by atoms with E-state index in [9.17, 15) is 18.0 Å². The first-order valence-electron chi connectivity index (χ1n) is 5.65. The van der Waals surface area contributed by atoms with Crippen molar-refractivity contribution in [3.05, 3.63) is 58.1 Å². The number of ether oxygens (including phenoxy) is 1. The minimum Gasteiger partial charge on any atom is -0.478 e. The molecule has 0 bridgehead atoms. The zero-order valence-electron chi connectivity index (χ0n) is 10.3. The van der Waals surface area contributed by atoms with E-state index < -0.39 is 23.5 Å². The maximum Gasteiger partial charge on any atom is 0.419 e. The van der Waals surface area contributed by atoms with Gasteiger partial charge in [-0.3, -0.25) is 0 Å². The van der Waals surface area contributed by atoms with Crippen LogP contribution in [0, 0.1) is 0 Å². The van der Waals surface area contributed by atoms with E-state index in [2.05, 4.69) is 15.9 Å². The van der Waals surface area contributed by atoms with Crippen LogP contribution in [0.1, 0.15) is 15.9 Å². The van der Waals surface area contributed by atoms with Crippen LogP contribution in [0.25, 0.3) is 0 Å². The molecule has 0 atom stereocenters. The monoisotopic (exact) mass is 360 g/mol. The largest absolute Gasteiger partial charge is 0.478 e. The van der Waals surface area contributed by atoms with E-state index in [1.165, 1.54) is 30.3 Å². The van der Waals surface area contributed by atoms with Gasteiger partial charge in [0.2, 0.25) is 0 Å². The zero-order chi connectivity index (χ0) is 15.6. The lowest BCUT2D eigenvalue weighted by molar-refractivity contribution is -0.138. The summed E-state index contributed by atoms with van der Waals surface area (Å²) in [6.07, 6.45) is -4.57. The van der Waals surface area contributed by atoms with Crippen molar-refractivity contribution in [2.75, 3.05) is 0 Å². The third-order valence-corrected chi connectivity index (χ3v) is 3.05. The molecule has 0 unspecified atom stereocenters. The van der Waals surface area contributed by atoms with Gasteiger partial charge in [-0.05, 0) is 36.4 Å². The zero-order valence-corrected chi connectivity index (χ0v) is 11.9. The number of alkyl halides is 3. The fourth-order valence-corrected chi connectivity index (χ4v) is 1.97. The molecule has 2 rings (SSSR count). The van der Waals surface area contributed by atoms with Gasteiger partial charge in [0, 0.05) is 4.47 Å². The average molecular weight is 361 g/mol. The predicted octanol–water partition coefficient (Wildman–Crippen LogP) is 4.96. The summed E-state index contributed by atoms with van der Waals surface area (Å²) < 4.78 is 44.3. The molecule has 0 radical (unpaired) electrons. The van der Waals surface area contributed by atoms with Crippen LogP contribution < -0.4 is 4.74 Å². The van der Waals surface area contributed by atoms with Crippen molar-refractivity contribution in [2.24, 2.45) is 0 Å². The van der Waals surface area contributed by atoms with Crippen molar-refractivity contribution >= 4 is 21.9 Å². The molecule has 7 heteroatoms. The number of hydrogen-bond acceptors (Lipinski definition) is 2. The summed E-state index contributed by atoms with van der Waals surface area (Å²) in [5.74, 6) is -1.58. The van der Waals surface area contributed by atoms with Gasteiger partial charge >= 0.3 is 12.1 Å². The van der Waals surface area contributed by atoms with Crippen molar-refractivity contribution in [3.63, 3.8) is 0 Å². The minimum absolute atomic E-state index is 0.0125. The molecule has 2 aromatic carbocycles. The van der Waals surface area contributed by atoms with Crippen molar-refractivity contribution in [3.8, 4) is 11.5 Å². The Bertz CT molecular complexity index is 683. The molecule has 0 spiro atoms. The first-order chi connectivity index (χ1) is 9.77. The summed E-state index contributed by atoms with van der Waals surface area (Å²) in [7, 11) is 0. The summed E-state index contributed by atoms with van der Waals surface area (Å²) >= 11 is 3.07. The topological polar surface area (TPSA) is 46.5 Å². The Balaban J connectivity index is 2.41. The predicted molar refractivity (Wildman–Crippen MR) is 72.6 cm³/mol. The van der Waals surface area contributed by atoms with Crippen LogP contribution in [-0.4, -0.2) is 11.1 Å². The van der Waals surface area contributed by atoms with Crippen molar-refractivity contribution in [1.82, 2.24) is 0 Å². The molecule has 21 heavy (non-hydrogen) atoms. The van der Waals surface area contributed by atoms with Crippen molar-refractivity contribution < 1.29 is 27.8 Å². The second-order valence-corrected chi connectivity index (χ2v) is 4.99. The van der Waals surface area contributed by atoms with Gasteiger partial charge in [-0.25, -0.2) is 4.79 Å². The number of benzene rings is 2. The lowest BCUT2D eigenvalue weighted by Gasteiger charge is -2.14. The normalized spacial score (nSPS) is 11.2. The minimum atomic E-state index is -4.57. The van der Waals surface area contributed by atoms with Gasteiger partial charge in [0.15, 0.2) is 0 Å². The molecule has 0 aliphatic heterocycles. The fourth-order valence-electron chi connectivity index (χ4n) is 1.63. The number of halogens is 4. The summed E-state index contributed by atoms with van der Waals surface area (Å²) in [4.78, 5) is 10.8. The Labute approximate surface area is 126 Å². The van der Waals surface area contributed by atoms with Gasteiger partial charge in [-0.1, -0.05) is 22.0 Å². The molecule has 0 saturated heterocycles. The second-order valence-electron chi connectivity index (χ2n) is 4.07. The highest BCUT2D eigenvalue weighted by atomic mass is 79.9.